The fourth-order valence-electron chi connectivity index (χ4n) is 4.09. The van der Waals surface area contributed by atoms with E-state index in [0.717, 1.165) is 34.2 Å². The van der Waals surface area contributed by atoms with Gasteiger partial charge in [0.25, 0.3) is 0 Å². The number of nitrogens with zero attached hydrogens (tertiary/aromatic N) is 1. The summed E-state index contributed by atoms with van der Waals surface area (Å²) in [7, 11) is -3.68. The van der Waals surface area contributed by atoms with Gasteiger partial charge in [-0.25, -0.2) is 8.42 Å². The van der Waals surface area contributed by atoms with Crippen LogP contribution in [0.3, 0.4) is 0 Å². The first-order valence-corrected chi connectivity index (χ1v) is 12.7. The van der Waals surface area contributed by atoms with E-state index >= 15 is 0 Å². The highest BCUT2D eigenvalue weighted by Crippen LogP contribution is 2.21. The zero-order valence-electron chi connectivity index (χ0n) is 19.5. The number of hydrogen-bond acceptors (Lipinski definition) is 4. The highest BCUT2D eigenvalue weighted by Gasteiger charge is 2.21. The van der Waals surface area contributed by atoms with Crippen molar-refractivity contribution >= 4 is 27.7 Å². The molecule has 1 aliphatic heterocycles. The molecule has 176 valence electrons. The van der Waals surface area contributed by atoms with Crippen molar-refractivity contribution in [1.29, 1.82) is 0 Å². The van der Waals surface area contributed by atoms with Gasteiger partial charge in [-0.1, -0.05) is 35.9 Å². The highest BCUT2D eigenvalue weighted by molar-refractivity contribution is 7.92. The minimum Gasteiger partial charge on any atom is -0.508 e. The predicted molar refractivity (Wildman–Crippen MR) is 133 cm³/mol. The number of nitrogens with one attached hydrogen (secondary N) is 1. The molecule has 0 aromatic heterocycles. The van der Waals surface area contributed by atoms with Crippen LogP contribution in [0.1, 0.15) is 53.5 Å². The summed E-state index contributed by atoms with van der Waals surface area (Å²) in [6.07, 6.45) is 5.80. The van der Waals surface area contributed by atoms with Gasteiger partial charge in [0.15, 0.2) is 0 Å². The molecule has 0 spiro atoms. The van der Waals surface area contributed by atoms with Crippen LogP contribution in [0.4, 0.5) is 0 Å². The van der Waals surface area contributed by atoms with Gasteiger partial charge < -0.3 is 10.4 Å². The summed E-state index contributed by atoms with van der Waals surface area (Å²) in [5, 5.41) is 13.9. The lowest BCUT2D eigenvalue weighted by Gasteiger charge is -2.20. The van der Waals surface area contributed by atoms with Gasteiger partial charge in [0.1, 0.15) is 5.75 Å². The Bertz CT molecular complexity index is 1160. The van der Waals surface area contributed by atoms with Gasteiger partial charge in [-0.3, -0.25) is 4.79 Å². The fourth-order valence-corrected chi connectivity index (χ4v) is 5.30. The molecule has 7 heteroatoms. The van der Waals surface area contributed by atoms with Crippen molar-refractivity contribution in [2.45, 2.75) is 46.5 Å². The summed E-state index contributed by atoms with van der Waals surface area (Å²) in [5.74, 6) is -0.138. The number of sulfonamides is 1. The van der Waals surface area contributed by atoms with E-state index in [4.69, 9.17) is 0 Å². The Morgan fingerprint density at radius 2 is 1.76 bits per heavy atom. The summed E-state index contributed by atoms with van der Waals surface area (Å²) in [6, 6.07) is 10.8. The summed E-state index contributed by atoms with van der Waals surface area (Å²) < 4.78 is 27.6. The molecule has 2 aromatic rings. The van der Waals surface area contributed by atoms with E-state index < -0.39 is 10.0 Å². The number of hydrogen-bond donors (Lipinski definition) is 2. The van der Waals surface area contributed by atoms with Gasteiger partial charge >= 0.3 is 0 Å². The highest BCUT2D eigenvalue weighted by atomic mass is 32.2. The molecule has 2 N–H and O–H groups in total. The molecular weight excluding hydrogens is 436 g/mol. The molecule has 0 aliphatic carbocycles. The third-order valence-electron chi connectivity index (χ3n) is 5.73. The summed E-state index contributed by atoms with van der Waals surface area (Å²) in [6.45, 7) is 6.44. The van der Waals surface area contributed by atoms with E-state index in [1.165, 1.54) is 9.71 Å². The molecule has 0 unspecified atom stereocenters. The van der Waals surface area contributed by atoms with Crippen LogP contribution in [0.2, 0.25) is 0 Å². The molecular formula is C26H32N2O4S. The molecule has 3 rings (SSSR count). The van der Waals surface area contributed by atoms with Crippen LogP contribution in [-0.4, -0.2) is 36.8 Å². The predicted octanol–water partition coefficient (Wildman–Crippen LogP) is 4.65. The van der Waals surface area contributed by atoms with Gasteiger partial charge in [0, 0.05) is 36.2 Å². The second-order valence-electron chi connectivity index (χ2n) is 8.52. The van der Waals surface area contributed by atoms with Crippen molar-refractivity contribution in [2.75, 3.05) is 13.1 Å². The Balaban J connectivity index is 1.75. The molecule has 0 saturated heterocycles. The molecule has 1 aliphatic rings. The van der Waals surface area contributed by atoms with E-state index in [1.54, 1.807) is 24.3 Å². The van der Waals surface area contributed by atoms with E-state index in [0.29, 0.717) is 25.1 Å². The molecule has 0 fully saturated rings. The largest absolute Gasteiger partial charge is 0.508 e. The van der Waals surface area contributed by atoms with Crippen LogP contribution in [0.5, 0.6) is 5.75 Å². The molecule has 0 saturated carbocycles. The smallest absolute Gasteiger partial charge is 0.236 e. The third kappa shape index (κ3) is 6.79. The Labute approximate surface area is 196 Å². The van der Waals surface area contributed by atoms with Crippen LogP contribution >= 0.6 is 0 Å². The summed E-state index contributed by atoms with van der Waals surface area (Å²) in [4.78, 5) is 12.6. The van der Waals surface area contributed by atoms with Crippen molar-refractivity contribution in [3.8, 4) is 5.75 Å². The Kier molecular flexibility index (Phi) is 8.10. The third-order valence-corrected chi connectivity index (χ3v) is 7.30. The number of rotatable bonds is 4. The quantitative estimate of drug-likeness (QED) is 0.684. The Morgan fingerprint density at radius 1 is 1.03 bits per heavy atom. The number of carbonyl (C=O) groups excluding carboxylic acids is 1. The van der Waals surface area contributed by atoms with Crippen molar-refractivity contribution in [2.24, 2.45) is 0 Å². The molecule has 2 aromatic carbocycles. The van der Waals surface area contributed by atoms with Gasteiger partial charge in [-0.2, -0.15) is 4.31 Å². The number of amides is 1. The minimum absolute atomic E-state index is 0.0474. The van der Waals surface area contributed by atoms with Crippen LogP contribution in [-0.2, 0) is 14.8 Å². The van der Waals surface area contributed by atoms with Crippen molar-refractivity contribution in [3.63, 3.8) is 0 Å². The number of aryl methyl sites for hydroxylation is 3. The zero-order chi connectivity index (χ0) is 24.0. The Hall–Kier alpha value is -2.90. The van der Waals surface area contributed by atoms with Crippen LogP contribution in [0.15, 0.2) is 47.9 Å². The van der Waals surface area contributed by atoms with Gasteiger partial charge in [0.2, 0.25) is 15.9 Å². The van der Waals surface area contributed by atoms with Crippen LogP contribution < -0.4 is 5.32 Å². The molecule has 1 amide bonds. The number of allylic oxidation sites excluding steroid dienone is 1. The van der Waals surface area contributed by atoms with Gasteiger partial charge in [-0.15, -0.1) is 0 Å². The minimum atomic E-state index is -3.68. The first-order chi connectivity index (χ1) is 15.7. The van der Waals surface area contributed by atoms with E-state index in [-0.39, 0.29) is 24.6 Å². The number of benzene rings is 2. The molecule has 0 atom stereocenters. The maximum absolute atomic E-state index is 13.1. The average molecular weight is 469 g/mol. The average Bonchev–Trinajstić information content (AvgIpc) is 2.77. The molecule has 1 heterocycles. The second-order valence-corrected chi connectivity index (χ2v) is 10.3. The van der Waals surface area contributed by atoms with Crippen LogP contribution in [0, 0.1) is 20.8 Å². The number of phenols is 1. The van der Waals surface area contributed by atoms with Crippen molar-refractivity contribution in [3.05, 3.63) is 75.7 Å². The topological polar surface area (TPSA) is 86.7 Å². The first kappa shape index (κ1) is 24.7. The van der Waals surface area contributed by atoms with Gasteiger partial charge in [0.05, 0.1) is 0 Å². The second kappa shape index (κ2) is 10.8. The van der Waals surface area contributed by atoms with E-state index in [2.05, 4.69) is 5.32 Å². The van der Waals surface area contributed by atoms with E-state index in [9.17, 15) is 18.3 Å². The summed E-state index contributed by atoms with van der Waals surface area (Å²) >= 11 is 0. The normalized spacial score (nSPS) is 18.4. The lowest BCUT2D eigenvalue weighted by atomic mass is 10.0. The lowest BCUT2D eigenvalue weighted by molar-refractivity contribution is -0.120. The molecule has 6 nitrogen and oxygen atoms in total. The lowest BCUT2D eigenvalue weighted by Crippen LogP contribution is -2.34. The fraction of sp³-hybridized carbons (Fsp3) is 0.346. The maximum atomic E-state index is 13.1. The zero-order valence-corrected chi connectivity index (χ0v) is 20.3. The van der Waals surface area contributed by atoms with Crippen LogP contribution in [0.25, 0.3) is 11.8 Å². The molecule has 33 heavy (non-hydrogen) atoms. The van der Waals surface area contributed by atoms with E-state index in [1.807, 2.05) is 45.0 Å². The van der Waals surface area contributed by atoms with Crippen molar-refractivity contribution < 1.29 is 18.3 Å². The number of aromatic hydroxyl groups is 1. The summed E-state index contributed by atoms with van der Waals surface area (Å²) in [5.41, 5.74) is 5.46. The standard InChI is InChI=1S/C26H32N2O4S/c1-19-16-20(2)24(21(3)17-19)12-15-33(31,32)28-13-6-4-5-10-25(27-26(30)11-14-28)22-8-7-9-23(29)18-22/h7-10,12,15-18,29H,4-6,11,13-14H2,1-3H3,(H,27,30)/b15-12+,25-10+. The Morgan fingerprint density at radius 3 is 2.45 bits per heavy atom. The SMILES string of the molecule is Cc1cc(C)c(/C=C/S(=O)(=O)N2CCCC/C=C(\c3cccc(O)c3)NC(=O)CC2)c(C)c1. The monoisotopic (exact) mass is 468 g/mol. The first-order valence-electron chi connectivity index (χ1n) is 11.2. The van der Waals surface area contributed by atoms with Crippen molar-refractivity contribution in [1.82, 2.24) is 9.62 Å². The number of carbonyl (C=O) groups is 1. The maximum Gasteiger partial charge on any atom is 0.236 e. The van der Waals surface area contributed by atoms with Gasteiger partial charge in [-0.05, 0) is 74.9 Å². The molecule has 0 radical (unpaired) electrons. The molecule has 0 bridgehead atoms. The number of phenolic OH excluding ortho intramolecular Hbond substituents is 1.